The van der Waals surface area contributed by atoms with E-state index in [1.54, 1.807) is 30.0 Å². The van der Waals surface area contributed by atoms with Crippen molar-refractivity contribution in [2.75, 3.05) is 14.2 Å². The van der Waals surface area contributed by atoms with Crippen LogP contribution in [0.25, 0.3) is 0 Å². The Labute approximate surface area is 122 Å². The number of benzene rings is 1. The highest BCUT2D eigenvalue weighted by Crippen LogP contribution is 2.28. The summed E-state index contributed by atoms with van der Waals surface area (Å²) in [7, 11) is 3.08. The summed E-state index contributed by atoms with van der Waals surface area (Å²) in [5.74, 6) is 1.03. The van der Waals surface area contributed by atoms with Crippen molar-refractivity contribution in [1.82, 2.24) is 9.78 Å². The molecule has 1 aromatic heterocycles. The summed E-state index contributed by atoms with van der Waals surface area (Å²) in [6, 6.07) is 5.06. The lowest BCUT2D eigenvalue weighted by molar-refractivity contribution is 0.0966. The summed E-state index contributed by atoms with van der Waals surface area (Å²) in [6.07, 6.45) is 1.53. The predicted molar refractivity (Wildman–Crippen MR) is 75.9 cm³/mol. The first-order chi connectivity index (χ1) is 9.56. The van der Waals surface area contributed by atoms with E-state index in [-0.39, 0.29) is 12.3 Å². The zero-order chi connectivity index (χ0) is 14.7. The average molecular weight is 295 g/mol. The number of nitrogens with zero attached hydrogens (tertiary/aromatic N) is 2. The standard InChI is InChI=1S/C14H15ClN2O3/c1-9-11(15)7-16-17(9)8-12(18)10-4-5-13(19-2)14(6-10)20-3/h4-7H,8H2,1-3H3. The van der Waals surface area contributed by atoms with E-state index in [4.69, 9.17) is 21.1 Å². The predicted octanol–water partition coefficient (Wildman–Crippen LogP) is 2.75. The first-order valence-corrected chi connectivity index (χ1v) is 6.37. The van der Waals surface area contributed by atoms with Gasteiger partial charge in [0.05, 0.1) is 31.1 Å². The van der Waals surface area contributed by atoms with E-state index in [1.165, 1.54) is 13.3 Å². The van der Waals surface area contributed by atoms with E-state index >= 15 is 0 Å². The highest BCUT2D eigenvalue weighted by Gasteiger charge is 2.13. The number of carbonyl (C=O) groups excluding carboxylic acids is 1. The van der Waals surface area contributed by atoms with Gasteiger partial charge >= 0.3 is 0 Å². The van der Waals surface area contributed by atoms with Gasteiger partial charge in [-0.15, -0.1) is 0 Å². The van der Waals surface area contributed by atoms with Gasteiger partial charge in [0, 0.05) is 5.56 Å². The van der Waals surface area contributed by atoms with Crippen LogP contribution >= 0.6 is 11.6 Å². The van der Waals surface area contributed by atoms with Crippen molar-refractivity contribution in [2.24, 2.45) is 0 Å². The van der Waals surface area contributed by atoms with E-state index < -0.39 is 0 Å². The third-order valence-electron chi connectivity index (χ3n) is 3.04. The molecule has 0 saturated heterocycles. The summed E-state index contributed by atoms with van der Waals surface area (Å²) in [4.78, 5) is 12.2. The van der Waals surface area contributed by atoms with Crippen LogP contribution < -0.4 is 9.47 Å². The van der Waals surface area contributed by atoms with Crippen LogP contribution in [0.4, 0.5) is 0 Å². The Kier molecular flexibility index (Phi) is 4.29. The topological polar surface area (TPSA) is 53.4 Å². The number of methoxy groups -OCH3 is 2. The molecule has 1 aromatic carbocycles. The Balaban J connectivity index is 2.23. The lowest BCUT2D eigenvalue weighted by Crippen LogP contribution is -2.13. The van der Waals surface area contributed by atoms with Crippen LogP contribution in [0.3, 0.4) is 0 Å². The summed E-state index contributed by atoms with van der Waals surface area (Å²) in [5, 5.41) is 4.61. The van der Waals surface area contributed by atoms with E-state index in [1.807, 2.05) is 6.92 Å². The van der Waals surface area contributed by atoms with Crippen molar-refractivity contribution in [3.63, 3.8) is 0 Å². The fourth-order valence-corrected chi connectivity index (χ4v) is 1.96. The Morgan fingerprint density at radius 2 is 2.00 bits per heavy atom. The molecule has 0 unspecified atom stereocenters. The second-order valence-electron chi connectivity index (χ2n) is 4.23. The molecule has 106 valence electrons. The Morgan fingerprint density at radius 3 is 2.55 bits per heavy atom. The van der Waals surface area contributed by atoms with Crippen molar-refractivity contribution in [1.29, 1.82) is 0 Å². The molecule has 0 radical (unpaired) electrons. The zero-order valence-electron chi connectivity index (χ0n) is 11.5. The summed E-state index contributed by atoms with van der Waals surface area (Å²) < 4.78 is 11.9. The lowest BCUT2D eigenvalue weighted by Gasteiger charge is -2.09. The highest BCUT2D eigenvalue weighted by molar-refractivity contribution is 6.31. The lowest BCUT2D eigenvalue weighted by atomic mass is 10.1. The van der Waals surface area contributed by atoms with E-state index in [2.05, 4.69) is 5.10 Å². The van der Waals surface area contributed by atoms with E-state index in [0.717, 1.165) is 5.69 Å². The fraction of sp³-hybridized carbons (Fsp3) is 0.286. The molecule has 1 heterocycles. The third-order valence-corrected chi connectivity index (χ3v) is 3.41. The SMILES string of the molecule is COc1ccc(C(=O)Cn2ncc(Cl)c2C)cc1OC. The van der Waals surface area contributed by atoms with E-state index in [9.17, 15) is 4.79 Å². The largest absolute Gasteiger partial charge is 0.493 e. The van der Waals surface area contributed by atoms with Crippen LogP contribution in [0.15, 0.2) is 24.4 Å². The molecule has 6 heteroatoms. The molecule has 0 spiro atoms. The molecule has 0 atom stereocenters. The minimum absolute atomic E-state index is 0.0752. The normalized spacial score (nSPS) is 10.4. The van der Waals surface area contributed by atoms with Gasteiger partial charge in [-0.25, -0.2) is 0 Å². The van der Waals surface area contributed by atoms with Crippen molar-refractivity contribution in [3.8, 4) is 11.5 Å². The smallest absolute Gasteiger partial charge is 0.184 e. The average Bonchev–Trinajstić information content (AvgIpc) is 2.78. The number of hydrogen-bond donors (Lipinski definition) is 0. The molecular weight excluding hydrogens is 280 g/mol. The number of hydrogen-bond acceptors (Lipinski definition) is 4. The Hall–Kier alpha value is -2.01. The first kappa shape index (κ1) is 14.4. The molecule has 0 aliphatic heterocycles. The van der Waals surface area contributed by atoms with Crippen LogP contribution in [-0.2, 0) is 6.54 Å². The third kappa shape index (κ3) is 2.77. The highest BCUT2D eigenvalue weighted by atomic mass is 35.5. The number of ether oxygens (including phenoxy) is 2. The molecular formula is C14H15ClN2O3. The van der Waals surface area contributed by atoms with Crippen molar-refractivity contribution < 1.29 is 14.3 Å². The molecule has 0 N–H and O–H groups in total. The van der Waals surface area contributed by atoms with Gasteiger partial charge in [0.1, 0.15) is 6.54 Å². The first-order valence-electron chi connectivity index (χ1n) is 6.00. The maximum absolute atomic E-state index is 12.2. The van der Waals surface area contributed by atoms with Gasteiger partial charge in [-0.2, -0.15) is 5.10 Å². The molecule has 2 rings (SSSR count). The second kappa shape index (κ2) is 5.96. The number of halogens is 1. The number of aromatic nitrogens is 2. The summed E-state index contributed by atoms with van der Waals surface area (Å²) in [5.41, 5.74) is 1.30. The van der Waals surface area contributed by atoms with Crippen molar-refractivity contribution >= 4 is 17.4 Å². The Bertz CT molecular complexity index is 637. The van der Waals surface area contributed by atoms with Gasteiger partial charge in [0.2, 0.25) is 0 Å². The zero-order valence-corrected chi connectivity index (χ0v) is 12.3. The minimum Gasteiger partial charge on any atom is -0.493 e. The number of ketones is 1. The summed E-state index contributed by atoms with van der Waals surface area (Å²) in [6.45, 7) is 1.95. The molecule has 2 aromatic rings. The molecule has 0 amide bonds. The van der Waals surface area contributed by atoms with Crippen LogP contribution in [0.1, 0.15) is 16.1 Å². The molecule has 0 bridgehead atoms. The van der Waals surface area contributed by atoms with Crippen molar-refractivity contribution in [2.45, 2.75) is 13.5 Å². The molecule has 0 fully saturated rings. The minimum atomic E-state index is -0.0752. The molecule has 0 aliphatic carbocycles. The number of rotatable bonds is 5. The number of Topliss-reactive ketones (excluding diaryl/α,β-unsaturated/α-hetero) is 1. The quantitative estimate of drug-likeness (QED) is 0.796. The molecule has 5 nitrogen and oxygen atoms in total. The van der Waals surface area contributed by atoms with Gasteiger partial charge in [-0.3, -0.25) is 9.48 Å². The maximum Gasteiger partial charge on any atom is 0.184 e. The molecule has 0 saturated carbocycles. The van der Waals surface area contributed by atoms with Crippen LogP contribution in [-0.4, -0.2) is 29.8 Å². The van der Waals surface area contributed by atoms with Gasteiger partial charge in [-0.05, 0) is 25.1 Å². The molecule has 0 aliphatic rings. The van der Waals surface area contributed by atoms with Gasteiger partial charge in [0.25, 0.3) is 0 Å². The van der Waals surface area contributed by atoms with Gasteiger partial charge in [0.15, 0.2) is 17.3 Å². The monoisotopic (exact) mass is 294 g/mol. The van der Waals surface area contributed by atoms with Crippen LogP contribution in [0, 0.1) is 6.92 Å². The summed E-state index contributed by atoms with van der Waals surface area (Å²) >= 11 is 5.91. The van der Waals surface area contributed by atoms with Crippen LogP contribution in [0.5, 0.6) is 11.5 Å². The van der Waals surface area contributed by atoms with E-state index in [0.29, 0.717) is 22.1 Å². The van der Waals surface area contributed by atoms with Crippen molar-refractivity contribution in [3.05, 3.63) is 40.7 Å². The van der Waals surface area contributed by atoms with Gasteiger partial charge < -0.3 is 9.47 Å². The Morgan fingerprint density at radius 1 is 1.30 bits per heavy atom. The fourth-order valence-electron chi connectivity index (χ4n) is 1.82. The second-order valence-corrected chi connectivity index (χ2v) is 4.64. The maximum atomic E-state index is 12.2. The van der Waals surface area contributed by atoms with Crippen LogP contribution in [0.2, 0.25) is 5.02 Å². The molecule has 20 heavy (non-hydrogen) atoms. The number of carbonyl (C=O) groups is 1. The van der Waals surface area contributed by atoms with Gasteiger partial charge in [-0.1, -0.05) is 11.6 Å².